The van der Waals surface area contributed by atoms with Gasteiger partial charge in [0.2, 0.25) is 0 Å². The molecule has 1 aromatic heterocycles. The molecule has 0 bridgehead atoms. The van der Waals surface area contributed by atoms with Crippen LogP contribution in [0.2, 0.25) is 0 Å². The molecule has 0 atom stereocenters. The third kappa shape index (κ3) is 4.11. The van der Waals surface area contributed by atoms with Crippen LogP contribution in [0.15, 0.2) is 72.1 Å². The van der Waals surface area contributed by atoms with Gasteiger partial charge in [-0.2, -0.15) is 5.10 Å². The number of likely N-dealkylation sites (N-methyl/N-ethyl adjacent to an activating group) is 1. The summed E-state index contributed by atoms with van der Waals surface area (Å²) in [6.07, 6.45) is 7.94. The minimum atomic E-state index is -0.235. The normalized spacial score (nSPS) is 14.9. The summed E-state index contributed by atoms with van der Waals surface area (Å²) in [4.78, 5) is 15.0. The monoisotopic (exact) mass is 426 g/mol. The van der Waals surface area contributed by atoms with E-state index in [1.807, 2.05) is 47.3 Å². The molecule has 1 aliphatic heterocycles. The maximum Gasteiger partial charge on any atom is 0.271 e. The van der Waals surface area contributed by atoms with Crippen molar-refractivity contribution in [2.24, 2.45) is 5.10 Å². The van der Waals surface area contributed by atoms with Crippen LogP contribution in [0.4, 0.5) is 5.69 Å². The quantitative estimate of drug-likeness (QED) is 0.428. The topological polar surface area (TPSA) is 49.6 Å². The van der Waals surface area contributed by atoms with Crippen LogP contribution >= 0.6 is 0 Å². The number of aromatic nitrogens is 1. The van der Waals surface area contributed by atoms with Gasteiger partial charge in [0.25, 0.3) is 5.91 Å². The van der Waals surface area contributed by atoms with Gasteiger partial charge in [-0.05, 0) is 93.8 Å². The number of fused-ring (bicyclic) bond motifs is 1. The molecule has 32 heavy (non-hydrogen) atoms. The number of amides is 1. The van der Waals surface area contributed by atoms with E-state index >= 15 is 0 Å². The average Bonchev–Trinajstić information content (AvgIpc) is 3.29. The maximum atomic E-state index is 12.6. The third-order valence-electron chi connectivity index (χ3n) is 6.06. The zero-order chi connectivity index (χ0) is 22.9. The lowest BCUT2D eigenvalue weighted by Crippen LogP contribution is -2.45. The molecule has 1 N–H and O–H groups in total. The average molecular weight is 427 g/mol. The second-order valence-electron chi connectivity index (χ2n) is 8.79. The van der Waals surface area contributed by atoms with Crippen molar-refractivity contribution in [1.29, 1.82) is 0 Å². The van der Waals surface area contributed by atoms with Crippen molar-refractivity contribution < 1.29 is 4.79 Å². The minimum absolute atomic E-state index is 0.0168. The summed E-state index contributed by atoms with van der Waals surface area (Å²) in [5.41, 5.74) is 9.99. The number of hydrogen-bond donors (Lipinski definition) is 1. The first-order chi connectivity index (χ1) is 15.3. The molecule has 5 heteroatoms. The van der Waals surface area contributed by atoms with Crippen LogP contribution in [0.3, 0.4) is 0 Å². The molecular weight excluding hydrogens is 396 g/mol. The fourth-order valence-electron chi connectivity index (χ4n) is 4.50. The third-order valence-corrected chi connectivity index (χ3v) is 6.06. The zero-order valence-corrected chi connectivity index (χ0v) is 19.4. The van der Waals surface area contributed by atoms with E-state index in [0.717, 1.165) is 23.4 Å². The molecule has 0 fully saturated rings. The van der Waals surface area contributed by atoms with Gasteiger partial charge in [0, 0.05) is 41.4 Å². The molecular formula is C27H30N4O. The van der Waals surface area contributed by atoms with Crippen LogP contribution in [0.25, 0.3) is 11.3 Å². The molecule has 1 aliphatic rings. The van der Waals surface area contributed by atoms with Crippen LogP contribution in [-0.4, -0.2) is 28.8 Å². The largest absolute Gasteiger partial charge is 0.363 e. The molecule has 0 spiro atoms. The summed E-state index contributed by atoms with van der Waals surface area (Å²) in [7, 11) is 0. The highest BCUT2D eigenvalue weighted by molar-refractivity contribution is 5.96. The lowest BCUT2D eigenvalue weighted by molar-refractivity contribution is 0.0955. The molecule has 0 saturated heterocycles. The highest BCUT2D eigenvalue weighted by Crippen LogP contribution is 2.39. The molecule has 2 heterocycles. The first-order valence-electron chi connectivity index (χ1n) is 11.0. The van der Waals surface area contributed by atoms with Crippen LogP contribution in [0.1, 0.15) is 54.7 Å². The standard InChI is InChI=1S/C27H30N4O/c1-6-31-25-14-19(2)22(16-24(25)20(3)17-27(31,4)5)18-28-29-26(32)21-10-9-11-23(15-21)30-12-7-8-13-30/h7-18H,6H2,1-5H3,(H,29,32)/b28-18+. The van der Waals surface area contributed by atoms with Crippen molar-refractivity contribution >= 4 is 23.4 Å². The fourth-order valence-corrected chi connectivity index (χ4v) is 4.50. The van der Waals surface area contributed by atoms with Gasteiger partial charge in [0.15, 0.2) is 0 Å². The molecule has 3 aromatic rings. The number of carbonyl (C=O) groups excluding carboxylic acids is 1. The van der Waals surface area contributed by atoms with E-state index in [1.165, 1.54) is 16.8 Å². The van der Waals surface area contributed by atoms with Crippen molar-refractivity contribution in [2.45, 2.75) is 40.2 Å². The van der Waals surface area contributed by atoms with Gasteiger partial charge in [-0.25, -0.2) is 5.43 Å². The summed E-state index contributed by atoms with van der Waals surface area (Å²) in [5, 5.41) is 4.25. The van der Waals surface area contributed by atoms with E-state index in [-0.39, 0.29) is 11.4 Å². The first-order valence-corrected chi connectivity index (χ1v) is 11.0. The van der Waals surface area contributed by atoms with Gasteiger partial charge in [0.05, 0.1) is 11.8 Å². The summed E-state index contributed by atoms with van der Waals surface area (Å²) in [5.74, 6) is -0.235. The number of aryl methyl sites for hydroxylation is 1. The predicted molar refractivity (Wildman–Crippen MR) is 133 cm³/mol. The maximum absolute atomic E-state index is 12.6. The van der Waals surface area contributed by atoms with E-state index in [4.69, 9.17) is 0 Å². The van der Waals surface area contributed by atoms with Crippen molar-refractivity contribution in [3.05, 3.63) is 89.3 Å². The van der Waals surface area contributed by atoms with Gasteiger partial charge >= 0.3 is 0 Å². The SMILES string of the molecule is CCN1c2cc(C)c(/C=N/NC(=O)c3cccc(-n4cccc4)c3)cc2C(C)=CC1(C)C. The van der Waals surface area contributed by atoms with E-state index in [1.54, 1.807) is 12.3 Å². The van der Waals surface area contributed by atoms with E-state index in [0.29, 0.717) is 5.56 Å². The van der Waals surface area contributed by atoms with Gasteiger partial charge in [-0.1, -0.05) is 12.1 Å². The summed E-state index contributed by atoms with van der Waals surface area (Å²) >= 11 is 0. The molecule has 1 amide bonds. The van der Waals surface area contributed by atoms with Crippen LogP contribution in [-0.2, 0) is 0 Å². The Morgan fingerprint density at radius 1 is 1.09 bits per heavy atom. The van der Waals surface area contributed by atoms with E-state index < -0.39 is 0 Å². The number of nitrogens with zero attached hydrogens (tertiary/aromatic N) is 3. The van der Waals surface area contributed by atoms with Crippen molar-refractivity contribution in [2.75, 3.05) is 11.4 Å². The number of hydrogen-bond acceptors (Lipinski definition) is 3. The molecule has 164 valence electrons. The molecule has 0 radical (unpaired) electrons. The Morgan fingerprint density at radius 3 is 2.56 bits per heavy atom. The molecule has 0 aliphatic carbocycles. The minimum Gasteiger partial charge on any atom is -0.363 e. The first kappa shape index (κ1) is 21.6. The number of benzene rings is 2. The Labute approximate surface area is 190 Å². The van der Waals surface area contributed by atoms with Crippen LogP contribution in [0, 0.1) is 6.92 Å². The summed E-state index contributed by atoms with van der Waals surface area (Å²) in [6, 6.07) is 15.8. The Bertz CT molecular complexity index is 1200. The zero-order valence-electron chi connectivity index (χ0n) is 19.4. The second kappa shape index (κ2) is 8.50. The number of carbonyl (C=O) groups is 1. The van der Waals surface area contributed by atoms with Crippen molar-refractivity contribution in [3.8, 4) is 5.69 Å². The Balaban J connectivity index is 1.54. The number of nitrogens with one attached hydrogen (secondary N) is 1. The van der Waals surface area contributed by atoms with E-state index in [9.17, 15) is 4.79 Å². The number of hydrazone groups is 1. The Morgan fingerprint density at radius 2 is 1.84 bits per heavy atom. The van der Waals surface area contributed by atoms with Gasteiger partial charge < -0.3 is 9.47 Å². The van der Waals surface area contributed by atoms with Gasteiger partial charge in [0.1, 0.15) is 0 Å². The molecule has 0 unspecified atom stereocenters. The summed E-state index contributed by atoms with van der Waals surface area (Å²) in [6.45, 7) is 11.9. The lowest BCUT2D eigenvalue weighted by atomic mass is 9.87. The highest BCUT2D eigenvalue weighted by atomic mass is 16.2. The predicted octanol–water partition coefficient (Wildman–Crippen LogP) is 5.57. The fraction of sp³-hybridized carbons (Fsp3) is 0.259. The second-order valence-corrected chi connectivity index (χ2v) is 8.79. The number of anilines is 1. The van der Waals surface area contributed by atoms with E-state index in [2.05, 4.69) is 68.3 Å². The number of rotatable bonds is 5. The molecule has 4 rings (SSSR count). The van der Waals surface area contributed by atoms with Gasteiger partial charge in [-0.15, -0.1) is 0 Å². The van der Waals surface area contributed by atoms with Crippen molar-refractivity contribution in [3.63, 3.8) is 0 Å². The molecule has 0 saturated carbocycles. The van der Waals surface area contributed by atoms with Crippen LogP contribution in [0.5, 0.6) is 0 Å². The number of allylic oxidation sites excluding steroid dienone is 1. The smallest absolute Gasteiger partial charge is 0.271 e. The highest BCUT2D eigenvalue weighted by Gasteiger charge is 2.30. The lowest BCUT2D eigenvalue weighted by Gasteiger charge is -2.43. The molecule has 2 aromatic carbocycles. The van der Waals surface area contributed by atoms with Crippen molar-refractivity contribution in [1.82, 2.24) is 9.99 Å². The Hall–Kier alpha value is -3.60. The van der Waals surface area contributed by atoms with Gasteiger partial charge in [-0.3, -0.25) is 4.79 Å². The summed E-state index contributed by atoms with van der Waals surface area (Å²) < 4.78 is 1.97. The Kier molecular flexibility index (Phi) is 5.74. The molecule has 5 nitrogen and oxygen atoms in total. The van der Waals surface area contributed by atoms with Crippen LogP contribution < -0.4 is 10.3 Å².